The van der Waals surface area contributed by atoms with Crippen LogP contribution in [-0.4, -0.2) is 21.9 Å². The van der Waals surface area contributed by atoms with Gasteiger partial charge in [0, 0.05) is 29.9 Å². The first-order valence-electron chi connectivity index (χ1n) is 6.00. The van der Waals surface area contributed by atoms with Crippen LogP contribution in [0.2, 0.25) is 0 Å². The number of nitrogens with zero attached hydrogens (tertiary/aromatic N) is 3. The summed E-state index contributed by atoms with van der Waals surface area (Å²) < 4.78 is 8.04. The molecule has 0 saturated carbocycles. The van der Waals surface area contributed by atoms with Crippen LogP contribution in [0.25, 0.3) is 0 Å². The van der Waals surface area contributed by atoms with Crippen molar-refractivity contribution < 1.29 is 4.74 Å². The van der Waals surface area contributed by atoms with Gasteiger partial charge >= 0.3 is 0 Å². The van der Waals surface area contributed by atoms with Crippen LogP contribution in [0.3, 0.4) is 0 Å². The smallest absolute Gasteiger partial charge is 0.148 e. The van der Waals surface area contributed by atoms with Crippen LogP contribution in [0.1, 0.15) is 24.4 Å². The molecule has 0 saturated heterocycles. The fraction of sp³-hybridized carbons (Fsp3) is 0.385. The Morgan fingerprint density at radius 2 is 2.26 bits per heavy atom. The number of aromatic nitrogens is 3. The molecule has 0 aliphatic rings. The van der Waals surface area contributed by atoms with E-state index in [2.05, 4.69) is 38.3 Å². The zero-order valence-corrected chi connectivity index (χ0v) is 12.8. The summed E-state index contributed by atoms with van der Waals surface area (Å²) in [5.74, 6) is 0.892. The summed E-state index contributed by atoms with van der Waals surface area (Å²) in [4.78, 5) is 4.26. The Labute approximate surface area is 121 Å². The van der Waals surface area contributed by atoms with E-state index in [9.17, 15) is 0 Å². The highest BCUT2D eigenvalue weighted by Gasteiger charge is 2.14. The van der Waals surface area contributed by atoms with Gasteiger partial charge in [-0.15, -0.1) is 0 Å². The number of hydrogen-bond donors (Lipinski definition) is 1. The van der Waals surface area contributed by atoms with Crippen molar-refractivity contribution in [3.63, 3.8) is 0 Å². The molecule has 1 unspecified atom stereocenters. The van der Waals surface area contributed by atoms with Crippen LogP contribution in [0.15, 0.2) is 29.0 Å². The Kier molecular flexibility index (Phi) is 4.55. The SMILES string of the molecule is COCc1c(Br)cccc1NC(C)c1ncnn1C. The number of nitrogens with one attached hydrogen (secondary N) is 1. The first-order valence-corrected chi connectivity index (χ1v) is 6.79. The highest BCUT2D eigenvalue weighted by Crippen LogP contribution is 2.28. The van der Waals surface area contributed by atoms with Crippen molar-refractivity contribution in [1.82, 2.24) is 14.8 Å². The zero-order valence-electron chi connectivity index (χ0n) is 11.2. The summed E-state index contributed by atoms with van der Waals surface area (Å²) in [5.41, 5.74) is 2.13. The maximum atomic E-state index is 5.24. The molecule has 1 N–H and O–H groups in total. The largest absolute Gasteiger partial charge is 0.380 e. The van der Waals surface area contributed by atoms with E-state index in [1.807, 2.05) is 25.2 Å². The highest BCUT2D eigenvalue weighted by molar-refractivity contribution is 9.10. The van der Waals surface area contributed by atoms with Crippen molar-refractivity contribution in [2.45, 2.75) is 19.6 Å². The van der Waals surface area contributed by atoms with E-state index in [0.717, 1.165) is 21.5 Å². The predicted octanol–water partition coefficient (Wildman–Crippen LogP) is 2.90. The molecule has 2 rings (SSSR count). The van der Waals surface area contributed by atoms with Gasteiger partial charge in [0.25, 0.3) is 0 Å². The van der Waals surface area contributed by atoms with Crippen LogP contribution in [0, 0.1) is 0 Å². The molecule has 1 aromatic carbocycles. The topological polar surface area (TPSA) is 52.0 Å². The van der Waals surface area contributed by atoms with Crippen molar-refractivity contribution >= 4 is 21.6 Å². The van der Waals surface area contributed by atoms with Crippen molar-refractivity contribution in [1.29, 1.82) is 0 Å². The van der Waals surface area contributed by atoms with Gasteiger partial charge in [-0.25, -0.2) is 4.98 Å². The van der Waals surface area contributed by atoms with Gasteiger partial charge in [-0.05, 0) is 19.1 Å². The van der Waals surface area contributed by atoms with E-state index in [4.69, 9.17) is 4.74 Å². The Morgan fingerprint density at radius 3 is 2.89 bits per heavy atom. The molecule has 0 radical (unpaired) electrons. The third kappa shape index (κ3) is 3.13. The van der Waals surface area contributed by atoms with Crippen molar-refractivity contribution in [3.8, 4) is 0 Å². The normalized spacial score (nSPS) is 12.4. The average Bonchev–Trinajstić information content (AvgIpc) is 2.80. The Balaban J connectivity index is 2.24. The number of rotatable bonds is 5. The lowest BCUT2D eigenvalue weighted by atomic mass is 10.1. The first kappa shape index (κ1) is 14.0. The van der Waals surface area contributed by atoms with E-state index in [1.165, 1.54) is 0 Å². The van der Waals surface area contributed by atoms with Crippen molar-refractivity contribution in [3.05, 3.63) is 40.4 Å². The van der Waals surface area contributed by atoms with Gasteiger partial charge in [0.15, 0.2) is 0 Å². The summed E-state index contributed by atoms with van der Waals surface area (Å²) >= 11 is 3.55. The molecule has 0 aliphatic heterocycles. The second-order valence-corrected chi connectivity index (χ2v) is 5.16. The molecule has 2 aromatic rings. The summed E-state index contributed by atoms with van der Waals surface area (Å²) in [7, 11) is 3.58. The monoisotopic (exact) mass is 324 g/mol. The zero-order chi connectivity index (χ0) is 13.8. The minimum atomic E-state index is 0.0670. The molecule has 1 heterocycles. The number of ether oxygens (including phenoxy) is 1. The molecule has 0 fully saturated rings. The van der Waals surface area contributed by atoms with E-state index >= 15 is 0 Å². The maximum absolute atomic E-state index is 5.24. The summed E-state index contributed by atoms with van der Waals surface area (Å²) in [5, 5.41) is 7.53. The quantitative estimate of drug-likeness (QED) is 0.918. The summed E-state index contributed by atoms with van der Waals surface area (Å²) in [6.45, 7) is 2.61. The van der Waals surface area contributed by atoms with Gasteiger partial charge < -0.3 is 10.1 Å². The van der Waals surface area contributed by atoms with Gasteiger partial charge in [-0.1, -0.05) is 22.0 Å². The average molecular weight is 325 g/mol. The number of methoxy groups -OCH3 is 1. The van der Waals surface area contributed by atoms with Gasteiger partial charge in [0.2, 0.25) is 0 Å². The van der Waals surface area contributed by atoms with Gasteiger partial charge in [-0.2, -0.15) is 5.10 Å². The second kappa shape index (κ2) is 6.16. The molecule has 0 aliphatic carbocycles. The van der Waals surface area contributed by atoms with E-state index in [1.54, 1.807) is 18.1 Å². The fourth-order valence-corrected chi connectivity index (χ4v) is 2.46. The number of hydrogen-bond acceptors (Lipinski definition) is 4. The highest BCUT2D eigenvalue weighted by atomic mass is 79.9. The van der Waals surface area contributed by atoms with Crippen molar-refractivity contribution in [2.75, 3.05) is 12.4 Å². The number of anilines is 1. The molecular weight excluding hydrogens is 308 g/mol. The molecule has 1 atom stereocenters. The molecule has 0 spiro atoms. The third-order valence-electron chi connectivity index (χ3n) is 2.91. The Hall–Kier alpha value is -1.40. The minimum Gasteiger partial charge on any atom is -0.380 e. The minimum absolute atomic E-state index is 0.0670. The number of aryl methyl sites for hydroxylation is 1. The molecule has 5 nitrogen and oxygen atoms in total. The lowest BCUT2D eigenvalue weighted by Crippen LogP contribution is -2.14. The van der Waals surface area contributed by atoms with Gasteiger partial charge in [-0.3, -0.25) is 4.68 Å². The van der Waals surface area contributed by atoms with Crippen LogP contribution in [0.4, 0.5) is 5.69 Å². The molecular formula is C13H17BrN4O. The van der Waals surface area contributed by atoms with Gasteiger partial charge in [0.05, 0.1) is 12.6 Å². The van der Waals surface area contributed by atoms with Crippen LogP contribution in [0.5, 0.6) is 0 Å². The lowest BCUT2D eigenvalue weighted by Gasteiger charge is -2.18. The summed E-state index contributed by atoms with van der Waals surface area (Å²) in [6.07, 6.45) is 1.56. The van der Waals surface area contributed by atoms with Crippen molar-refractivity contribution in [2.24, 2.45) is 7.05 Å². The molecule has 6 heteroatoms. The second-order valence-electron chi connectivity index (χ2n) is 4.31. The first-order chi connectivity index (χ1) is 9.13. The van der Waals surface area contributed by atoms with E-state index < -0.39 is 0 Å². The molecule has 0 amide bonds. The standard InChI is InChI=1S/C13H17BrN4O/c1-9(13-15-8-16-18(13)2)17-12-6-4-5-11(14)10(12)7-19-3/h4-6,8-9,17H,7H2,1-3H3. The van der Waals surface area contributed by atoms with E-state index in [0.29, 0.717) is 6.61 Å². The maximum Gasteiger partial charge on any atom is 0.148 e. The predicted molar refractivity (Wildman–Crippen MR) is 77.9 cm³/mol. The fourth-order valence-electron chi connectivity index (χ4n) is 1.98. The molecule has 0 bridgehead atoms. The molecule has 1 aromatic heterocycles. The van der Waals surface area contributed by atoms with Crippen LogP contribution < -0.4 is 5.32 Å². The van der Waals surface area contributed by atoms with Crippen LogP contribution in [-0.2, 0) is 18.4 Å². The number of halogens is 1. The lowest BCUT2D eigenvalue weighted by molar-refractivity contribution is 0.185. The molecule has 102 valence electrons. The summed E-state index contributed by atoms with van der Waals surface area (Å²) in [6, 6.07) is 6.10. The Bertz CT molecular complexity index is 555. The molecule has 19 heavy (non-hydrogen) atoms. The van der Waals surface area contributed by atoms with Gasteiger partial charge in [0.1, 0.15) is 12.2 Å². The van der Waals surface area contributed by atoms with E-state index in [-0.39, 0.29) is 6.04 Å². The Morgan fingerprint density at radius 1 is 1.47 bits per heavy atom. The number of benzene rings is 1. The third-order valence-corrected chi connectivity index (χ3v) is 3.66. The van der Waals surface area contributed by atoms with Crippen LogP contribution >= 0.6 is 15.9 Å².